The van der Waals surface area contributed by atoms with Gasteiger partial charge in [0.1, 0.15) is 24.9 Å². The Morgan fingerprint density at radius 3 is 2.74 bits per heavy atom. The fourth-order valence-electron chi connectivity index (χ4n) is 1.58. The smallest absolute Gasteiger partial charge is 0.405 e. The van der Waals surface area contributed by atoms with Gasteiger partial charge in [0, 0.05) is 0 Å². The zero-order valence-electron chi connectivity index (χ0n) is 9.35. The number of hydrogen-bond acceptors (Lipinski definition) is 5. The number of carboxylic acid groups (broad SMARTS) is 1. The molecule has 0 atom stereocenters. The molecule has 0 saturated heterocycles. The van der Waals surface area contributed by atoms with Crippen molar-refractivity contribution in [3.63, 3.8) is 0 Å². The highest BCUT2D eigenvalue weighted by molar-refractivity contribution is 5.85. The van der Waals surface area contributed by atoms with E-state index in [1.165, 1.54) is 6.33 Å². The third kappa shape index (κ3) is 3.09. The maximum absolute atomic E-state index is 12.5. The van der Waals surface area contributed by atoms with Crippen molar-refractivity contribution in [2.75, 3.05) is 18.0 Å². The summed E-state index contributed by atoms with van der Waals surface area (Å²) in [5.74, 6) is -1.54. The molecule has 2 N–H and O–H groups in total. The van der Waals surface area contributed by atoms with E-state index in [-0.39, 0.29) is 17.0 Å². The largest absolute Gasteiger partial charge is 0.480 e. The van der Waals surface area contributed by atoms with Gasteiger partial charge in [-0.2, -0.15) is 13.2 Å². The van der Waals surface area contributed by atoms with E-state index in [1.807, 2.05) is 0 Å². The van der Waals surface area contributed by atoms with Crippen molar-refractivity contribution in [2.45, 2.75) is 6.18 Å². The lowest BCUT2D eigenvalue weighted by Crippen LogP contribution is -2.38. The summed E-state index contributed by atoms with van der Waals surface area (Å²) in [6.45, 7) is -2.25. The average Bonchev–Trinajstić information content (AvgIpc) is 2.72. The van der Waals surface area contributed by atoms with Crippen LogP contribution >= 0.6 is 0 Å². The average molecular weight is 275 g/mol. The van der Waals surface area contributed by atoms with Gasteiger partial charge < -0.3 is 15.0 Å². The van der Waals surface area contributed by atoms with E-state index in [0.717, 1.165) is 6.33 Å². The van der Waals surface area contributed by atoms with Crippen LogP contribution in [0.5, 0.6) is 0 Å². The Morgan fingerprint density at radius 2 is 2.11 bits per heavy atom. The van der Waals surface area contributed by atoms with Gasteiger partial charge in [-0.25, -0.2) is 15.0 Å². The van der Waals surface area contributed by atoms with Crippen molar-refractivity contribution < 1.29 is 23.1 Å². The number of nitrogens with zero attached hydrogens (tertiary/aromatic N) is 4. The van der Waals surface area contributed by atoms with E-state index in [2.05, 4.69) is 19.9 Å². The second kappa shape index (κ2) is 4.71. The number of alkyl halides is 3. The van der Waals surface area contributed by atoms with Crippen LogP contribution in [0.1, 0.15) is 0 Å². The molecule has 2 aromatic rings. The van der Waals surface area contributed by atoms with Crippen LogP contribution in [0.15, 0.2) is 12.7 Å². The summed E-state index contributed by atoms with van der Waals surface area (Å²) >= 11 is 0. The first-order valence-corrected chi connectivity index (χ1v) is 5.04. The van der Waals surface area contributed by atoms with E-state index < -0.39 is 25.2 Å². The van der Waals surface area contributed by atoms with Gasteiger partial charge in [0.05, 0.1) is 6.33 Å². The number of halogens is 3. The number of anilines is 1. The summed E-state index contributed by atoms with van der Waals surface area (Å²) in [6, 6.07) is 0. The number of carbonyl (C=O) groups is 1. The number of nitrogens with one attached hydrogen (secondary N) is 1. The minimum Gasteiger partial charge on any atom is -0.480 e. The molecule has 2 heterocycles. The molecule has 7 nitrogen and oxygen atoms in total. The molecule has 0 aliphatic carbocycles. The Kier molecular flexibility index (Phi) is 3.23. The highest BCUT2D eigenvalue weighted by Crippen LogP contribution is 2.24. The zero-order valence-corrected chi connectivity index (χ0v) is 9.35. The van der Waals surface area contributed by atoms with Gasteiger partial charge in [0.25, 0.3) is 0 Å². The summed E-state index contributed by atoms with van der Waals surface area (Å²) < 4.78 is 37.4. The molecule has 19 heavy (non-hydrogen) atoms. The van der Waals surface area contributed by atoms with E-state index in [9.17, 15) is 18.0 Å². The van der Waals surface area contributed by atoms with E-state index in [1.54, 1.807) is 0 Å². The van der Waals surface area contributed by atoms with Crippen LogP contribution < -0.4 is 4.90 Å². The molecule has 0 spiro atoms. The number of carboxylic acids is 1. The first-order chi connectivity index (χ1) is 8.87. The molecule has 0 radical (unpaired) electrons. The number of H-pyrrole nitrogens is 1. The maximum Gasteiger partial charge on any atom is 0.405 e. The lowest BCUT2D eigenvalue weighted by atomic mass is 10.4. The molecule has 2 rings (SSSR count). The van der Waals surface area contributed by atoms with Crippen molar-refractivity contribution >= 4 is 23.0 Å². The van der Waals surface area contributed by atoms with Gasteiger partial charge in [-0.1, -0.05) is 0 Å². The molecule has 0 saturated carbocycles. The molecular formula is C9H8F3N5O2. The number of aromatic amines is 1. The molecule has 0 unspecified atom stereocenters. The minimum absolute atomic E-state index is 0.151. The Labute approximate surface area is 104 Å². The summed E-state index contributed by atoms with van der Waals surface area (Å²) in [5.41, 5.74) is 0.329. The molecule has 0 bridgehead atoms. The lowest BCUT2D eigenvalue weighted by molar-refractivity contribution is -0.136. The van der Waals surface area contributed by atoms with E-state index >= 15 is 0 Å². The zero-order chi connectivity index (χ0) is 14.0. The van der Waals surface area contributed by atoms with Crippen LogP contribution in [0.4, 0.5) is 19.0 Å². The second-order valence-electron chi connectivity index (χ2n) is 3.66. The van der Waals surface area contributed by atoms with Crippen molar-refractivity contribution in [3.05, 3.63) is 12.7 Å². The van der Waals surface area contributed by atoms with Crippen molar-refractivity contribution in [1.29, 1.82) is 0 Å². The lowest BCUT2D eigenvalue weighted by Gasteiger charge is -2.22. The van der Waals surface area contributed by atoms with Crippen LogP contribution in [-0.2, 0) is 4.79 Å². The van der Waals surface area contributed by atoms with Gasteiger partial charge in [0.15, 0.2) is 11.5 Å². The number of aromatic nitrogens is 4. The molecule has 2 aromatic heterocycles. The molecule has 10 heteroatoms. The third-order valence-electron chi connectivity index (χ3n) is 2.20. The summed E-state index contributed by atoms with van der Waals surface area (Å²) in [4.78, 5) is 25.1. The Morgan fingerprint density at radius 1 is 1.37 bits per heavy atom. The Balaban J connectivity index is 2.42. The normalized spacial score (nSPS) is 11.7. The van der Waals surface area contributed by atoms with Crippen LogP contribution in [0.3, 0.4) is 0 Å². The van der Waals surface area contributed by atoms with Crippen molar-refractivity contribution in [3.8, 4) is 0 Å². The van der Waals surface area contributed by atoms with Crippen molar-refractivity contribution in [2.24, 2.45) is 0 Å². The van der Waals surface area contributed by atoms with Gasteiger partial charge in [-0.05, 0) is 0 Å². The molecule has 0 aliphatic heterocycles. The van der Waals surface area contributed by atoms with Gasteiger partial charge in [-0.15, -0.1) is 0 Å². The fraction of sp³-hybridized carbons (Fsp3) is 0.333. The number of hydrogen-bond donors (Lipinski definition) is 2. The first kappa shape index (κ1) is 13.1. The molecule has 0 amide bonds. The van der Waals surface area contributed by atoms with Crippen LogP contribution in [-0.4, -0.2) is 50.3 Å². The van der Waals surface area contributed by atoms with Gasteiger partial charge in [-0.3, -0.25) is 4.79 Å². The van der Waals surface area contributed by atoms with Gasteiger partial charge >= 0.3 is 12.1 Å². The van der Waals surface area contributed by atoms with Crippen LogP contribution in [0, 0.1) is 0 Å². The van der Waals surface area contributed by atoms with Gasteiger partial charge in [0.2, 0.25) is 0 Å². The number of aliphatic carboxylic acids is 1. The molecule has 102 valence electrons. The quantitative estimate of drug-likeness (QED) is 0.857. The summed E-state index contributed by atoms with van der Waals surface area (Å²) in [5, 5.41) is 8.69. The highest BCUT2D eigenvalue weighted by atomic mass is 19.4. The molecular weight excluding hydrogens is 267 g/mol. The topological polar surface area (TPSA) is 95.0 Å². The first-order valence-electron chi connectivity index (χ1n) is 5.04. The summed E-state index contributed by atoms with van der Waals surface area (Å²) in [6.07, 6.45) is -2.27. The third-order valence-corrected chi connectivity index (χ3v) is 2.20. The van der Waals surface area contributed by atoms with Crippen LogP contribution in [0.2, 0.25) is 0 Å². The number of imidazole rings is 1. The standard InChI is InChI=1S/C9H8F3N5O2/c10-9(11,12)2-17(1-5(18)19)8-6-7(14-3-13-6)15-4-16-8/h3-4H,1-2H2,(H,18,19)(H,13,14,15,16). The SMILES string of the molecule is O=C(O)CN(CC(F)(F)F)c1ncnc2nc[nH]c12. The Hall–Kier alpha value is -2.39. The molecule has 0 fully saturated rings. The highest BCUT2D eigenvalue weighted by Gasteiger charge is 2.33. The predicted octanol–water partition coefficient (Wildman–Crippen LogP) is 0.806. The molecule has 0 aromatic carbocycles. The van der Waals surface area contributed by atoms with Crippen molar-refractivity contribution in [1.82, 2.24) is 19.9 Å². The predicted molar refractivity (Wildman–Crippen MR) is 57.6 cm³/mol. The van der Waals surface area contributed by atoms with Crippen LogP contribution in [0.25, 0.3) is 11.2 Å². The fourth-order valence-corrected chi connectivity index (χ4v) is 1.58. The monoisotopic (exact) mass is 275 g/mol. The van der Waals surface area contributed by atoms with E-state index in [4.69, 9.17) is 5.11 Å². The van der Waals surface area contributed by atoms with E-state index in [0.29, 0.717) is 4.90 Å². The number of fused-ring (bicyclic) bond motifs is 1. The number of rotatable bonds is 4. The molecule has 0 aliphatic rings. The maximum atomic E-state index is 12.5. The Bertz CT molecular complexity index is 597. The minimum atomic E-state index is -4.55. The second-order valence-corrected chi connectivity index (χ2v) is 3.66. The summed E-state index contributed by atoms with van der Waals surface area (Å²) in [7, 11) is 0.